The van der Waals surface area contributed by atoms with Gasteiger partial charge >= 0.3 is 0 Å². The normalized spacial score (nSPS) is 16.7. The molecule has 0 saturated carbocycles. The summed E-state index contributed by atoms with van der Waals surface area (Å²) in [5, 5.41) is 12.0. The topological polar surface area (TPSA) is 120 Å². The van der Waals surface area contributed by atoms with E-state index in [4.69, 9.17) is 19.6 Å². The van der Waals surface area contributed by atoms with E-state index >= 15 is 0 Å². The molecule has 0 unspecified atom stereocenters. The van der Waals surface area contributed by atoms with Crippen molar-refractivity contribution < 1.29 is 19.0 Å². The van der Waals surface area contributed by atoms with Crippen LogP contribution in [0.1, 0.15) is 28.8 Å². The van der Waals surface area contributed by atoms with E-state index in [2.05, 4.69) is 10.3 Å². The van der Waals surface area contributed by atoms with Crippen molar-refractivity contribution in [1.29, 1.82) is 5.41 Å². The Balaban J connectivity index is 1.41. The molecule has 1 saturated heterocycles. The maximum absolute atomic E-state index is 13.3. The second kappa shape index (κ2) is 8.55. The summed E-state index contributed by atoms with van der Waals surface area (Å²) in [6, 6.07) is 12.2. The number of amides is 1. The van der Waals surface area contributed by atoms with Crippen molar-refractivity contribution >= 4 is 22.6 Å². The van der Waals surface area contributed by atoms with Gasteiger partial charge in [0.15, 0.2) is 11.5 Å². The van der Waals surface area contributed by atoms with Gasteiger partial charge in [-0.1, -0.05) is 12.1 Å². The summed E-state index contributed by atoms with van der Waals surface area (Å²) in [5.74, 6) is 0.843. The third-order valence-electron chi connectivity index (χ3n) is 6.36. The van der Waals surface area contributed by atoms with Crippen LogP contribution in [0.25, 0.3) is 16.7 Å². The summed E-state index contributed by atoms with van der Waals surface area (Å²) in [6.45, 7) is 1.40. The zero-order valence-electron chi connectivity index (χ0n) is 18.8. The van der Waals surface area contributed by atoms with Gasteiger partial charge in [-0.15, -0.1) is 0 Å². The van der Waals surface area contributed by atoms with Crippen LogP contribution in [-0.4, -0.2) is 39.4 Å². The van der Waals surface area contributed by atoms with Crippen LogP contribution in [-0.2, 0) is 17.8 Å². The lowest BCUT2D eigenvalue weighted by atomic mass is 10.1. The van der Waals surface area contributed by atoms with Gasteiger partial charge in [0.1, 0.15) is 16.8 Å². The smallest absolute Gasteiger partial charge is 0.267 e. The Bertz CT molecular complexity index is 1590. The Hall–Kier alpha value is -4.18. The number of aromatic nitrogens is 3. The number of pyridine rings is 2. The van der Waals surface area contributed by atoms with E-state index in [0.717, 1.165) is 18.4 Å². The number of nitrogens with zero attached hydrogens (tertiary/aromatic N) is 3. The van der Waals surface area contributed by atoms with Crippen LogP contribution in [0.3, 0.4) is 0 Å². The number of rotatable bonds is 5. The van der Waals surface area contributed by atoms with Crippen LogP contribution in [0.2, 0.25) is 0 Å². The Morgan fingerprint density at radius 2 is 2.06 bits per heavy atom. The molecule has 2 aliphatic rings. The molecule has 2 N–H and O–H groups in total. The quantitative estimate of drug-likeness (QED) is 0.428. The lowest BCUT2D eigenvalue weighted by Crippen LogP contribution is -2.36. The lowest BCUT2D eigenvalue weighted by molar-refractivity contribution is 0.0931. The van der Waals surface area contributed by atoms with Crippen LogP contribution in [0.5, 0.6) is 11.5 Å². The molecule has 5 heterocycles. The second-order valence-corrected chi connectivity index (χ2v) is 8.61. The van der Waals surface area contributed by atoms with Gasteiger partial charge in [0.25, 0.3) is 11.5 Å². The third-order valence-corrected chi connectivity index (χ3v) is 6.36. The predicted molar refractivity (Wildman–Crippen MR) is 126 cm³/mol. The van der Waals surface area contributed by atoms with Gasteiger partial charge in [-0.25, -0.2) is 4.98 Å². The van der Waals surface area contributed by atoms with E-state index in [1.54, 1.807) is 35.0 Å². The minimum atomic E-state index is -0.451. The van der Waals surface area contributed by atoms with Crippen LogP contribution in [0.4, 0.5) is 0 Å². The molecule has 0 aliphatic carbocycles. The second-order valence-electron chi connectivity index (χ2n) is 8.61. The van der Waals surface area contributed by atoms with Crippen molar-refractivity contribution in [1.82, 2.24) is 19.3 Å². The maximum atomic E-state index is 13.3. The molecule has 35 heavy (non-hydrogen) atoms. The highest BCUT2D eigenvalue weighted by Crippen LogP contribution is 2.32. The first-order valence-corrected chi connectivity index (χ1v) is 11.5. The minimum Gasteiger partial charge on any atom is -0.454 e. The highest BCUT2D eigenvalue weighted by atomic mass is 16.7. The van der Waals surface area contributed by atoms with Gasteiger partial charge < -0.3 is 24.1 Å². The van der Waals surface area contributed by atoms with E-state index in [1.165, 1.54) is 10.5 Å². The number of benzene rings is 1. The molecule has 1 amide bonds. The van der Waals surface area contributed by atoms with Gasteiger partial charge in [-0.3, -0.25) is 19.4 Å². The molecule has 6 rings (SSSR count). The van der Waals surface area contributed by atoms with E-state index in [9.17, 15) is 9.59 Å². The molecule has 178 valence electrons. The number of hydrogen-bond acceptors (Lipinski definition) is 7. The summed E-state index contributed by atoms with van der Waals surface area (Å²) in [7, 11) is 0. The van der Waals surface area contributed by atoms with E-state index in [1.807, 2.05) is 12.1 Å². The summed E-state index contributed by atoms with van der Waals surface area (Å²) < 4.78 is 19.6. The summed E-state index contributed by atoms with van der Waals surface area (Å²) >= 11 is 0. The van der Waals surface area contributed by atoms with Crippen molar-refractivity contribution in [2.45, 2.75) is 32.0 Å². The van der Waals surface area contributed by atoms with E-state index in [-0.39, 0.29) is 41.4 Å². The Morgan fingerprint density at radius 1 is 1.17 bits per heavy atom. The molecule has 0 bridgehead atoms. The average Bonchev–Trinajstić information content (AvgIpc) is 3.56. The van der Waals surface area contributed by atoms with E-state index in [0.29, 0.717) is 35.9 Å². The molecule has 4 aromatic rings. The van der Waals surface area contributed by atoms with Crippen molar-refractivity contribution in [3.8, 4) is 11.5 Å². The highest BCUT2D eigenvalue weighted by molar-refractivity contribution is 5.96. The van der Waals surface area contributed by atoms with Gasteiger partial charge in [-0.2, -0.15) is 0 Å². The molecular formula is C25H23N5O5. The first-order chi connectivity index (χ1) is 17.1. The first-order valence-electron chi connectivity index (χ1n) is 11.5. The number of hydrogen-bond donors (Lipinski definition) is 2. The molecular weight excluding hydrogens is 450 g/mol. The van der Waals surface area contributed by atoms with Crippen molar-refractivity contribution in [3.63, 3.8) is 0 Å². The summed E-state index contributed by atoms with van der Waals surface area (Å²) in [5.41, 5.74) is 1.47. The van der Waals surface area contributed by atoms with Gasteiger partial charge in [0.2, 0.25) is 6.79 Å². The average molecular weight is 473 g/mol. The molecule has 1 fully saturated rings. The van der Waals surface area contributed by atoms with Gasteiger partial charge in [-0.05, 0) is 48.7 Å². The fourth-order valence-corrected chi connectivity index (χ4v) is 4.56. The largest absolute Gasteiger partial charge is 0.454 e. The summed E-state index contributed by atoms with van der Waals surface area (Å²) in [4.78, 5) is 31.2. The zero-order valence-corrected chi connectivity index (χ0v) is 18.8. The van der Waals surface area contributed by atoms with Crippen LogP contribution in [0, 0.1) is 5.41 Å². The molecule has 1 aromatic carbocycles. The summed E-state index contributed by atoms with van der Waals surface area (Å²) in [6.07, 6.45) is 3.32. The maximum Gasteiger partial charge on any atom is 0.267 e. The molecule has 1 atom stereocenters. The highest BCUT2D eigenvalue weighted by Gasteiger charge is 2.22. The Labute approximate surface area is 199 Å². The fourth-order valence-electron chi connectivity index (χ4n) is 4.56. The third kappa shape index (κ3) is 3.81. The van der Waals surface area contributed by atoms with Crippen LogP contribution >= 0.6 is 0 Å². The lowest BCUT2D eigenvalue weighted by Gasteiger charge is -2.17. The van der Waals surface area contributed by atoms with Gasteiger partial charge in [0, 0.05) is 19.3 Å². The number of nitrogens with one attached hydrogen (secondary N) is 2. The molecule has 3 aromatic heterocycles. The molecule has 10 nitrogen and oxygen atoms in total. The molecule has 10 heteroatoms. The Morgan fingerprint density at radius 3 is 2.91 bits per heavy atom. The van der Waals surface area contributed by atoms with Crippen LogP contribution in [0.15, 0.2) is 53.5 Å². The molecule has 2 aliphatic heterocycles. The fraction of sp³-hybridized carbons (Fsp3) is 0.280. The van der Waals surface area contributed by atoms with E-state index < -0.39 is 5.91 Å². The monoisotopic (exact) mass is 473 g/mol. The molecule has 0 radical (unpaired) electrons. The number of carbonyl (C=O) groups excluding carboxylic acids is 1. The van der Waals surface area contributed by atoms with Crippen molar-refractivity contribution in [2.75, 3.05) is 13.4 Å². The van der Waals surface area contributed by atoms with Gasteiger partial charge in [0.05, 0.1) is 23.6 Å². The predicted octanol–water partition coefficient (Wildman–Crippen LogP) is 1.97. The number of fused-ring (bicyclic) bond motifs is 3. The van der Waals surface area contributed by atoms with Crippen molar-refractivity contribution in [3.05, 3.63) is 75.6 Å². The van der Waals surface area contributed by atoms with Crippen molar-refractivity contribution in [2.24, 2.45) is 0 Å². The number of carbonyl (C=O) groups is 1. The molecule has 0 spiro atoms. The standard InChI is InChI=1S/C25H23N5O5/c26-22-17(24(31)27-12-15-6-7-19-20(10-15)35-14-34-19)11-18-23(30(22)13-16-4-3-9-33-16)28-21-5-1-2-8-29(21)25(18)32/h1-2,5-8,10-11,16,26H,3-4,9,12-14H2,(H,27,31)/t16-/m1/s1. The number of ether oxygens (including phenoxy) is 3. The van der Waals surface area contributed by atoms with Crippen LogP contribution < -0.4 is 25.8 Å². The Kier molecular flexibility index (Phi) is 5.22. The SMILES string of the molecule is N=c1c(C(=O)NCc2ccc3c(c2)OCO3)cc2c(=O)n3ccccc3nc2n1C[C@H]1CCCO1. The zero-order chi connectivity index (χ0) is 23.9. The first kappa shape index (κ1) is 21.4. The minimum absolute atomic E-state index is 0.0108.